The number of rotatable bonds is 6. The van der Waals surface area contributed by atoms with Crippen molar-refractivity contribution in [3.05, 3.63) is 166 Å². The molecular formula is C48H45Cl2SiZr. The van der Waals surface area contributed by atoms with Crippen molar-refractivity contribution >= 4 is 56.6 Å². The number of fused-ring (bicyclic) bond motifs is 4. The minimum atomic E-state index is -4.99. The van der Waals surface area contributed by atoms with Gasteiger partial charge in [-0.1, -0.05) is 0 Å². The number of hydrogen-bond donors (Lipinski definition) is 0. The van der Waals surface area contributed by atoms with E-state index in [0.717, 1.165) is 19.3 Å². The first-order chi connectivity index (χ1) is 25.2. The SMILES string of the molecule is CC1=Cc2c(-c3cccc4ccccc34)ccc(C)c2[CH]1[Zr]([Cl])([Cl])([CH]1C(C2CC=CCC2)=Cc2c(-c3cccc4ccccc34)cccc21)[SiH](C)C. The Morgan fingerprint density at radius 1 is 0.596 bits per heavy atom. The molecule has 0 N–H and O–H groups in total. The number of benzene rings is 6. The molecule has 0 saturated heterocycles. The van der Waals surface area contributed by atoms with Gasteiger partial charge in [-0.3, -0.25) is 0 Å². The molecule has 3 aliphatic rings. The molecule has 0 spiro atoms. The van der Waals surface area contributed by atoms with Crippen LogP contribution in [-0.4, -0.2) is 5.92 Å². The molecule has 52 heavy (non-hydrogen) atoms. The molecule has 0 bridgehead atoms. The van der Waals surface area contributed by atoms with Crippen LogP contribution in [0.3, 0.4) is 0 Å². The van der Waals surface area contributed by atoms with Crippen LogP contribution in [0, 0.1) is 12.8 Å². The Bertz CT molecular complexity index is 2510. The Morgan fingerprint density at radius 2 is 1.19 bits per heavy atom. The first kappa shape index (κ1) is 34.5. The fraction of sp³-hybridized carbons (Fsp3) is 0.208. The van der Waals surface area contributed by atoms with Crippen LogP contribution in [0.25, 0.3) is 56.0 Å². The van der Waals surface area contributed by atoms with Gasteiger partial charge in [0.25, 0.3) is 0 Å². The molecule has 0 amide bonds. The van der Waals surface area contributed by atoms with Crippen LogP contribution in [-0.2, 0) is 15.6 Å². The summed E-state index contributed by atoms with van der Waals surface area (Å²) in [5.74, 6) is -1.27. The van der Waals surface area contributed by atoms with Crippen molar-refractivity contribution in [2.75, 3.05) is 0 Å². The molecule has 4 heteroatoms. The van der Waals surface area contributed by atoms with Gasteiger partial charge < -0.3 is 0 Å². The Hall–Kier alpha value is -3.26. The molecule has 9 rings (SSSR count). The van der Waals surface area contributed by atoms with Crippen LogP contribution in [0.5, 0.6) is 0 Å². The summed E-state index contributed by atoms with van der Waals surface area (Å²) in [6.45, 7) is 9.58. The second kappa shape index (κ2) is 13.0. The molecule has 0 nitrogen and oxygen atoms in total. The van der Waals surface area contributed by atoms with Gasteiger partial charge in [0, 0.05) is 0 Å². The van der Waals surface area contributed by atoms with E-state index in [1.807, 2.05) is 0 Å². The van der Waals surface area contributed by atoms with E-state index in [9.17, 15) is 0 Å². The van der Waals surface area contributed by atoms with Crippen molar-refractivity contribution in [1.82, 2.24) is 0 Å². The van der Waals surface area contributed by atoms with Crippen LogP contribution in [0.1, 0.15) is 61.3 Å². The standard InChI is InChI=1S/C25H21.C21H17.C2H7Si.2ClH.Zr/c1-2-8-18(9-3-1)21-16-20-12-7-15-24(25(20)17-21)23-14-6-11-19-10-4-5-13-22(19)23;1-14-12-20-15(2)10-11-19(21(20)13-14)18-9-5-7-16-6-3-4-8-17(16)18;1-3-2;;;/h1-2,4-7,10-18H,3,8-9H2;3-13H,1-2H3;3H,1-2H3;2*1H;/q;;;;;+2/p-2. The molecule has 6 aromatic rings. The van der Waals surface area contributed by atoms with E-state index in [-0.39, 0.29) is 7.25 Å². The van der Waals surface area contributed by atoms with Crippen LogP contribution in [0.4, 0.5) is 0 Å². The second-order valence-electron chi connectivity index (χ2n) is 15.9. The summed E-state index contributed by atoms with van der Waals surface area (Å²) in [4.78, 5) is 0. The summed E-state index contributed by atoms with van der Waals surface area (Å²) in [6.07, 6.45) is 13.1. The van der Waals surface area contributed by atoms with Crippen molar-refractivity contribution in [3.63, 3.8) is 0 Å². The van der Waals surface area contributed by atoms with Crippen molar-refractivity contribution in [2.45, 2.75) is 53.5 Å². The van der Waals surface area contributed by atoms with Gasteiger partial charge in [-0.15, -0.1) is 0 Å². The summed E-state index contributed by atoms with van der Waals surface area (Å²) < 4.78 is 0.124. The molecule has 259 valence electrons. The molecular weight excluding hydrogens is 767 g/mol. The summed E-state index contributed by atoms with van der Waals surface area (Å²) in [5, 5.41) is 5.10. The summed E-state index contributed by atoms with van der Waals surface area (Å²) in [5.41, 5.74) is 14.7. The van der Waals surface area contributed by atoms with Crippen molar-refractivity contribution in [3.8, 4) is 22.3 Å². The molecule has 6 aromatic carbocycles. The van der Waals surface area contributed by atoms with E-state index >= 15 is 0 Å². The van der Waals surface area contributed by atoms with Crippen LogP contribution < -0.4 is 0 Å². The average Bonchev–Trinajstić information content (AvgIpc) is 3.75. The van der Waals surface area contributed by atoms with Crippen molar-refractivity contribution in [1.29, 1.82) is 0 Å². The van der Waals surface area contributed by atoms with Gasteiger partial charge in [0.15, 0.2) is 0 Å². The third-order valence-corrected chi connectivity index (χ3v) is 64.7. The van der Waals surface area contributed by atoms with Gasteiger partial charge in [-0.05, 0) is 0 Å². The number of allylic oxidation sites excluding steroid dienone is 4. The monoisotopic (exact) mass is 809 g/mol. The van der Waals surface area contributed by atoms with Crippen LogP contribution in [0.15, 0.2) is 139 Å². The predicted molar refractivity (Wildman–Crippen MR) is 228 cm³/mol. The minimum absolute atomic E-state index is 0.0565. The van der Waals surface area contributed by atoms with Gasteiger partial charge in [-0.2, -0.15) is 0 Å². The first-order valence-corrected chi connectivity index (χ1v) is 35.3. The predicted octanol–water partition coefficient (Wildman–Crippen LogP) is 14.6. The zero-order chi connectivity index (χ0) is 35.8. The Kier molecular flexibility index (Phi) is 8.59. The van der Waals surface area contributed by atoms with E-state index < -0.39 is 21.5 Å². The van der Waals surface area contributed by atoms with Crippen molar-refractivity contribution < 1.29 is 15.6 Å². The summed E-state index contributed by atoms with van der Waals surface area (Å²) in [7, 11) is 17.8. The van der Waals surface area contributed by atoms with Crippen LogP contribution >= 0.6 is 17.0 Å². The summed E-state index contributed by atoms with van der Waals surface area (Å²) >= 11 is -4.99. The molecule has 3 atom stereocenters. The Labute approximate surface area is 317 Å². The fourth-order valence-electron chi connectivity index (χ4n) is 10.2. The number of halogens is 2. The van der Waals surface area contributed by atoms with E-state index in [0.29, 0.717) is 5.92 Å². The van der Waals surface area contributed by atoms with Gasteiger partial charge >= 0.3 is 320 Å². The molecule has 0 aromatic heterocycles. The molecule has 3 unspecified atom stereocenters. The molecule has 0 heterocycles. The van der Waals surface area contributed by atoms with Crippen molar-refractivity contribution in [2.24, 2.45) is 5.92 Å². The van der Waals surface area contributed by atoms with E-state index in [4.69, 9.17) is 17.0 Å². The number of aryl methyl sites for hydroxylation is 1. The van der Waals surface area contributed by atoms with Gasteiger partial charge in [0.1, 0.15) is 0 Å². The third kappa shape index (κ3) is 5.15. The first-order valence-electron chi connectivity index (χ1n) is 19.0. The third-order valence-electron chi connectivity index (χ3n) is 12.8. The average molecular weight is 812 g/mol. The fourth-order valence-corrected chi connectivity index (χ4v) is 42.3. The number of hydrogen-bond acceptors (Lipinski definition) is 0. The molecule has 0 aliphatic heterocycles. The molecule has 0 saturated carbocycles. The Morgan fingerprint density at radius 3 is 1.83 bits per heavy atom. The maximum atomic E-state index is 8.90. The molecule has 0 fully saturated rings. The quantitative estimate of drug-likeness (QED) is 0.116. The maximum absolute atomic E-state index is 8.90. The van der Waals surface area contributed by atoms with Crippen LogP contribution in [0.2, 0.25) is 13.1 Å². The zero-order valence-electron chi connectivity index (χ0n) is 30.5. The second-order valence-corrected chi connectivity index (χ2v) is 58.4. The topological polar surface area (TPSA) is 0 Å². The zero-order valence-corrected chi connectivity index (χ0v) is 35.6. The van der Waals surface area contributed by atoms with Gasteiger partial charge in [0.05, 0.1) is 0 Å². The summed E-state index contributed by atoms with van der Waals surface area (Å²) in [6, 6.07) is 42.6. The normalized spacial score (nSPS) is 20.4. The Balaban J connectivity index is 1.29. The molecule has 0 radical (unpaired) electrons. The molecule has 3 aliphatic carbocycles. The van der Waals surface area contributed by atoms with E-state index in [1.165, 1.54) is 82.8 Å². The van der Waals surface area contributed by atoms with Gasteiger partial charge in [0.2, 0.25) is 0 Å². The van der Waals surface area contributed by atoms with Gasteiger partial charge in [-0.25, -0.2) is 0 Å². The van der Waals surface area contributed by atoms with E-state index in [2.05, 4.69) is 167 Å². The van der Waals surface area contributed by atoms with E-state index in [1.54, 1.807) is 0 Å².